The number of nitrogens with zero attached hydrogens (tertiary/aromatic N) is 2. The Morgan fingerprint density at radius 2 is 2.05 bits per heavy atom. The summed E-state index contributed by atoms with van der Waals surface area (Å²) in [7, 11) is 1.56. The van der Waals surface area contributed by atoms with Crippen LogP contribution in [0.2, 0.25) is 0 Å². The van der Waals surface area contributed by atoms with Crippen molar-refractivity contribution in [1.29, 1.82) is 0 Å². The number of anilines is 2. The molecule has 0 radical (unpaired) electrons. The third-order valence-electron chi connectivity index (χ3n) is 3.04. The van der Waals surface area contributed by atoms with E-state index >= 15 is 0 Å². The Bertz CT molecular complexity index is 691. The van der Waals surface area contributed by atoms with Crippen molar-refractivity contribution >= 4 is 17.4 Å². The lowest BCUT2D eigenvalue weighted by Crippen LogP contribution is -2.15. The normalized spacial score (nSPS) is 11.5. The first-order valence-electron chi connectivity index (χ1n) is 5.97. The number of rotatable bonds is 2. The summed E-state index contributed by atoms with van der Waals surface area (Å²) < 4.78 is 39.3. The van der Waals surface area contributed by atoms with Crippen LogP contribution in [-0.2, 0) is 13.2 Å². The molecule has 112 valence electrons. The number of aryl methyl sites for hydroxylation is 2. The molecule has 1 aromatic heterocycles. The van der Waals surface area contributed by atoms with E-state index in [1.807, 2.05) is 0 Å². The summed E-state index contributed by atoms with van der Waals surface area (Å²) in [6, 6.07) is 3.15. The summed E-state index contributed by atoms with van der Waals surface area (Å²) in [5.41, 5.74) is 5.52. The SMILES string of the molecule is Cc1ccc(C(F)(F)F)cc1NC(=O)c1cnn(C)c1N. The highest BCUT2D eigenvalue weighted by molar-refractivity contribution is 6.07. The summed E-state index contributed by atoms with van der Waals surface area (Å²) in [5.74, 6) is -0.472. The van der Waals surface area contributed by atoms with Crippen LogP contribution in [-0.4, -0.2) is 15.7 Å². The minimum atomic E-state index is -4.47. The molecule has 8 heteroatoms. The van der Waals surface area contributed by atoms with E-state index in [0.717, 1.165) is 12.1 Å². The molecule has 1 heterocycles. The van der Waals surface area contributed by atoms with Crippen molar-refractivity contribution in [3.8, 4) is 0 Å². The maximum Gasteiger partial charge on any atom is 0.416 e. The molecule has 0 aliphatic heterocycles. The van der Waals surface area contributed by atoms with Gasteiger partial charge in [0.15, 0.2) is 0 Å². The number of aromatic nitrogens is 2. The van der Waals surface area contributed by atoms with E-state index in [-0.39, 0.29) is 17.1 Å². The molecule has 5 nitrogen and oxygen atoms in total. The molecule has 0 atom stereocenters. The molecule has 0 bridgehead atoms. The molecule has 1 amide bonds. The quantitative estimate of drug-likeness (QED) is 0.895. The van der Waals surface area contributed by atoms with Gasteiger partial charge < -0.3 is 11.1 Å². The second kappa shape index (κ2) is 5.12. The topological polar surface area (TPSA) is 72.9 Å². The zero-order chi connectivity index (χ0) is 15.8. The highest BCUT2D eigenvalue weighted by Crippen LogP contribution is 2.32. The van der Waals surface area contributed by atoms with Gasteiger partial charge in [-0.15, -0.1) is 0 Å². The van der Waals surface area contributed by atoms with Crippen molar-refractivity contribution in [3.05, 3.63) is 41.1 Å². The molecule has 2 aromatic rings. The number of carbonyl (C=O) groups excluding carboxylic acids is 1. The average molecular weight is 298 g/mol. The molecule has 0 saturated heterocycles. The summed E-state index contributed by atoms with van der Waals surface area (Å²) >= 11 is 0. The summed E-state index contributed by atoms with van der Waals surface area (Å²) in [4.78, 5) is 12.0. The minimum Gasteiger partial charge on any atom is -0.383 e. The number of benzene rings is 1. The van der Waals surface area contributed by atoms with Crippen molar-refractivity contribution in [2.45, 2.75) is 13.1 Å². The zero-order valence-electron chi connectivity index (χ0n) is 11.3. The van der Waals surface area contributed by atoms with Crippen LogP contribution in [0.4, 0.5) is 24.7 Å². The van der Waals surface area contributed by atoms with Crippen molar-refractivity contribution < 1.29 is 18.0 Å². The fourth-order valence-electron chi connectivity index (χ4n) is 1.74. The van der Waals surface area contributed by atoms with Crippen molar-refractivity contribution in [1.82, 2.24) is 9.78 Å². The number of amides is 1. The van der Waals surface area contributed by atoms with Gasteiger partial charge in [-0.1, -0.05) is 6.07 Å². The van der Waals surface area contributed by atoms with Crippen molar-refractivity contribution in [2.75, 3.05) is 11.1 Å². The van der Waals surface area contributed by atoms with Gasteiger partial charge in [-0.2, -0.15) is 18.3 Å². The van der Waals surface area contributed by atoms with Gasteiger partial charge in [-0.25, -0.2) is 0 Å². The molecule has 0 fully saturated rings. The van der Waals surface area contributed by atoms with Crippen LogP contribution >= 0.6 is 0 Å². The third-order valence-corrected chi connectivity index (χ3v) is 3.04. The van der Waals surface area contributed by atoms with Gasteiger partial charge in [-0.3, -0.25) is 9.48 Å². The van der Waals surface area contributed by atoms with E-state index in [0.29, 0.717) is 5.56 Å². The van der Waals surface area contributed by atoms with Gasteiger partial charge in [0.25, 0.3) is 5.91 Å². The number of nitrogens with one attached hydrogen (secondary N) is 1. The van der Waals surface area contributed by atoms with E-state index in [9.17, 15) is 18.0 Å². The molecule has 2 rings (SSSR count). The number of nitrogens with two attached hydrogens (primary N) is 1. The van der Waals surface area contributed by atoms with Gasteiger partial charge in [0.2, 0.25) is 0 Å². The lowest BCUT2D eigenvalue weighted by Gasteiger charge is -2.12. The van der Waals surface area contributed by atoms with Gasteiger partial charge >= 0.3 is 6.18 Å². The molecular formula is C13H13F3N4O. The molecule has 0 aliphatic carbocycles. The molecule has 0 aliphatic rings. The Morgan fingerprint density at radius 3 is 2.57 bits per heavy atom. The Labute approximate surface area is 118 Å². The molecule has 0 unspecified atom stereocenters. The van der Waals surface area contributed by atoms with Crippen LogP contribution < -0.4 is 11.1 Å². The van der Waals surface area contributed by atoms with Crippen LogP contribution in [0.15, 0.2) is 24.4 Å². The zero-order valence-corrected chi connectivity index (χ0v) is 11.3. The largest absolute Gasteiger partial charge is 0.416 e. The first-order valence-corrected chi connectivity index (χ1v) is 5.97. The second-order valence-corrected chi connectivity index (χ2v) is 4.55. The molecule has 1 aromatic carbocycles. The first-order chi connectivity index (χ1) is 9.70. The summed E-state index contributed by atoms with van der Waals surface area (Å²) in [6.07, 6.45) is -3.21. The maximum atomic E-state index is 12.7. The lowest BCUT2D eigenvalue weighted by molar-refractivity contribution is -0.137. The van der Waals surface area contributed by atoms with Gasteiger partial charge in [0.05, 0.1) is 11.8 Å². The van der Waals surface area contributed by atoms with E-state index in [4.69, 9.17) is 5.73 Å². The fraction of sp³-hybridized carbons (Fsp3) is 0.231. The Morgan fingerprint density at radius 1 is 1.38 bits per heavy atom. The summed E-state index contributed by atoms with van der Waals surface area (Å²) in [6.45, 7) is 1.60. The Hall–Kier alpha value is -2.51. The predicted molar refractivity (Wildman–Crippen MR) is 71.8 cm³/mol. The number of nitrogen functional groups attached to an aromatic ring is 1. The van der Waals surface area contributed by atoms with Gasteiger partial charge in [0, 0.05) is 12.7 Å². The molecule has 21 heavy (non-hydrogen) atoms. The van der Waals surface area contributed by atoms with Gasteiger partial charge in [0.1, 0.15) is 11.4 Å². The average Bonchev–Trinajstić information content (AvgIpc) is 2.71. The molecule has 0 saturated carbocycles. The molecule has 0 spiro atoms. The highest BCUT2D eigenvalue weighted by atomic mass is 19.4. The first kappa shape index (κ1) is 14.9. The number of alkyl halides is 3. The van der Waals surface area contributed by atoms with Crippen molar-refractivity contribution in [3.63, 3.8) is 0 Å². The Kier molecular flexibility index (Phi) is 3.63. The van der Waals surface area contributed by atoms with Crippen molar-refractivity contribution in [2.24, 2.45) is 7.05 Å². The van der Waals surface area contributed by atoms with Crippen LogP contribution in [0.25, 0.3) is 0 Å². The standard InChI is InChI=1S/C13H13F3N4O/c1-7-3-4-8(13(14,15)16)5-10(7)19-12(21)9-6-18-20(2)11(9)17/h3-6H,17H2,1-2H3,(H,19,21). The van der Waals surface area contributed by atoms with Crippen LogP contribution in [0.3, 0.4) is 0 Å². The van der Waals surface area contributed by atoms with Crippen LogP contribution in [0.1, 0.15) is 21.5 Å². The highest BCUT2D eigenvalue weighted by Gasteiger charge is 2.31. The van der Waals surface area contributed by atoms with Crippen LogP contribution in [0.5, 0.6) is 0 Å². The molecule has 3 N–H and O–H groups in total. The van der Waals surface area contributed by atoms with Gasteiger partial charge in [-0.05, 0) is 24.6 Å². The predicted octanol–water partition coefficient (Wildman–Crippen LogP) is 2.58. The number of hydrogen-bond donors (Lipinski definition) is 2. The maximum absolute atomic E-state index is 12.7. The Balaban J connectivity index is 2.31. The smallest absolute Gasteiger partial charge is 0.383 e. The van der Waals surface area contributed by atoms with E-state index in [1.54, 1.807) is 14.0 Å². The van der Waals surface area contributed by atoms with E-state index in [1.165, 1.54) is 16.9 Å². The number of halogens is 3. The van der Waals surface area contributed by atoms with Crippen LogP contribution in [0, 0.1) is 6.92 Å². The fourth-order valence-corrected chi connectivity index (χ4v) is 1.74. The number of hydrogen-bond acceptors (Lipinski definition) is 3. The van der Waals surface area contributed by atoms with E-state index in [2.05, 4.69) is 10.4 Å². The summed E-state index contributed by atoms with van der Waals surface area (Å²) in [5, 5.41) is 6.23. The third kappa shape index (κ3) is 2.99. The minimum absolute atomic E-state index is 0.0816. The lowest BCUT2D eigenvalue weighted by atomic mass is 10.1. The monoisotopic (exact) mass is 298 g/mol. The van der Waals surface area contributed by atoms with E-state index < -0.39 is 17.6 Å². The second-order valence-electron chi connectivity index (χ2n) is 4.55. The number of carbonyl (C=O) groups is 1. The molecular weight excluding hydrogens is 285 g/mol.